The molecule has 0 aliphatic heterocycles. The Kier molecular flexibility index (Phi) is 7.88. The third-order valence-electron chi connectivity index (χ3n) is 4.96. The maximum atomic E-state index is 13.7. The molecule has 0 radical (unpaired) electrons. The largest absolute Gasteiger partial charge is 0.355 e. The van der Waals surface area contributed by atoms with E-state index < -0.39 is 0 Å². The van der Waals surface area contributed by atoms with E-state index in [-0.39, 0.29) is 17.8 Å². The predicted octanol–water partition coefficient (Wildman–Crippen LogP) is 3.06. The minimum Gasteiger partial charge on any atom is -0.355 e. The molecule has 1 fully saturated rings. The minimum atomic E-state index is -0.205. The summed E-state index contributed by atoms with van der Waals surface area (Å²) in [5.74, 6) is 1.12. The van der Waals surface area contributed by atoms with Crippen molar-refractivity contribution >= 4 is 11.9 Å². The molecule has 1 aromatic carbocycles. The monoisotopic (exact) mass is 362 g/mol. The maximum absolute atomic E-state index is 13.7. The third-order valence-corrected chi connectivity index (χ3v) is 4.96. The second-order valence-corrected chi connectivity index (χ2v) is 7.08. The molecule has 1 aliphatic carbocycles. The number of amides is 1. The molecule has 1 aromatic rings. The summed E-state index contributed by atoms with van der Waals surface area (Å²) in [5, 5.41) is 9.37. The predicted molar refractivity (Wildman–Crippen MR) is 104 cm³/mol. The number of nitrogens with one attached hydrogen (secondary N) is 3. The van der Waals surface area contributed by atoms with E-state index >= 15 is 0 Å². The van der Waals surface area contributed by atoms with Crippen molar-refractivity contribution in [3.05, 3.63) is 35.1 Å². The summed E-state index contributed by atoms with van der Waals surface area (Å²) in [6, 6.07) is 5.16. The molecule has 144 valence electrons. The normalized spacial score (nSPS) is 16.4. The fourth-order valence-corrected chi connectivity index (χ4v) is 3.29. The summed E-state index contributed by atoms with van der Waals surface area (Å²) >= 11 is 0. The number of guanidine groups is 1. The van der Waals surface area contributed by atoms with Crippen LogP contribution in [0.4, 0.5) is 4.39 Å². The Labute approximate surface area is 155 Å². The lowest BCUT2D eigenvalue weighted by Gasteiger charge is -2.19. The molecule has 26 heavy (non-hydrogen) atoms. The van der Waals surface area contributed by atoms with Gasteiger partial charge in [-0.1, -0.05) is 25.0 Å². The molecule has 3 N–H and O–H groups in total. The summed E-state index contributed by atoms with van der Waals surface area (Å²) in [4.78, 5) is 16.1. The average Bonchev–Trinajstić information content (AvgIpc) is 3.12. The van der Waals surface area contributed by atoms with Crippen molar-refractivity contribution in [2.45, 2.75) is 52.0 Å². The Morgan fingerprint density at radius 3 is 2.62 bits per heavy atom. The van der Waals surface area contributed by atoms with E-state index in [1.54, 1.807) is 26.1 Å². The number of benzene rings is 1. The van der Waals surface area contributed by atoms with Gasteiger partial charge in [0.05, 0.1) is 6.04 Å². The zero-order chi connectivity index (χ0) is 18.9. The van der Waals surface area contributed by atoms with Gasteiger partial charge in [0, 0.05) is 26.6 Å². The number of aryl methyl sites for hydroxylation is 1. The van der Waals surface area contributed by atoms with Gasteiger partial charge in [0.15, 0.2) is 5.96 Å². The molecule has 1 unspecified atom stereocenters. The van der Waals surface area contributed by atoms with E-state index in [1.165, 1.54) is 25.7 Å². The van der Waals surface area contributed by atoms with Crippen LogP contribution in [0, 0.1) is 18.7 Å². The highest BCUT2D eigenvalue weighted by Gasteiger charge is 2.18. The van der Waals surface area contributed by atoms with Crippen molar-refractivity contribution in [2.24, 2.45) is 10.9 Å². The zero-order valence-corrected chi connectivity index (χ0v) is 16.1. The van der Waals surface area contributed by atoms with E-state index in [9.17, 15) is 9.18 Å². The molecule has 6 heteroatoms. The number of nitrogens with zero attached hydrogens (tertiary/aromatic N) is 1. The molecule has 1 amide bonds. The second kappa shape index (κ2) is 10.1. The Balaban J connectivity index is 1.69. The molecular formula is C20H31FN4O. The van der Waals surface area contributed by atoms with Gasteiger partial charge in [0.1, 0.15) is 5.82 Å². The van der Waals surface area contributed by atoms with E-state index in [1.807, 2.05) is 13.0 Å². The van der Waals surface area contributed by atoms with Crippen LogP contribution in [0.25, 0.3) is 0 Å². The van der Waals surface area contributed by atoms with Gasteiger partial charge in [0.2, 0.25) is 5.91 Å². The van der Waals surface area contributed by atoms with Crippen LogP contribution in [0.2, 0.25) is 0 Å². The van der Waals surface area contributed by atoms with Gasteiger partial charge in [0.25, 0.3) is 0 Å². The van der Waals surface area contributed by atoms with E-state index in [0.717, 1.165) is 5.56 Å². The van der Waals surface area contributed by atoms with Crippen LogP contribution < -0.4 is 16.0 Å². The highest BCUT2D eigenvalue weighted by Crippen LogP contribution is 2.27. The lowest BCUT2D eigenvalue weighted by molar-refractivity contribution is -0.121. The van der Waals surface area contributed by atoms with Gasteiger partial charge in [-0.3, -0.25) is 9.79 Å². The molecular weight excluding hydrogens is 331 g/mol. The van der Waals surface area contributed by atoms with Gasteiger partial charge in [-0.05, 0) is 49.8 Å². The summed E-state index contributed by atoms with van der Waals surface area (Å²) in [5.41, 5.74) is 1.50. The number of carbonyl (C=O) groups excluding carboxylic acids is 1. The molecule has 1 saturated carbocycles. The highest BCUT2D eigenvalue weighted by molar-refractivity contribution is 5.80. The number of hydrogen-bond acceptors (Lipinski definition) is 2. The molecule has 2 rings (SSSR count). The summed E-state index contributed by atoms with van der Waals surface area (Å²) in [7, 11) is 1.69. The van der Waals surface area contributed by atoms with E-state index in [4.69, 9.17) is 0 Å². The van der Waals surface area contributed by atoms with Crippen LogP contribution in [-0.4, -0.2) is 32.0 Å². The van der Waals surface area contributed by atoms with Gasteiger partial charge >= 0.3 is 0 Å². The minimum absolute atomic E-state index is 0.0757. The van der Waals surface area contributed by atoms with Crippen molar-refractivity contribution in [1.29, 1.82) is 0 Å². The third kappa shape index (κ3) is 6.32. The summed E-state index contributed by atoms with van der Waals surface area (Å²) in [6.07, 6.45) is 5.51. The zero-order valence-electron chi connectivity index (χ0n) is 16.1. The smallest absolute Gasteiger partial charge is 0.220 e. The van der Waals surface area contributed by atoms with Gasteiger partial charge in [-0.25, -0.2) is 4.39 Å². The molecule has 0 bridgehead atoms. The van der Waals surface area contributed by atoms with Crippen LogP contribution >= 0.6 is 0 Å². The first kappa shape index (κ1) is 20.2. The van der Waals surface area contributed by atoms with Gasteiger partial charge < -0.3 is 16.0 Å². The number of hydrogen-bond donors (Lipinski definition) is 3. The van der Waals surface area contributed by atoms with Crippen molar-refractivity contribution in [3.63, 3.8) is 0 Å². The van der Waals surface area contributed by atoms with Crippen molar-refractivity contribution < 1.29 is 9.18 Å². The fourth-order valence-electron chi connectivity index (χ4n) is 3.29. The summed E-state index contributed by atoms with van der Waals surface area (Å²) in [6.45, 7) is 4.85. The van der Waals surface area contributed by atoms with Gasteiger partial charge in [-0.2, -0.15) is 0 Å². The second-order valence-electron chi connectivity index (χ2n) is 7.08. The van der Waals surface area contributed by atoms with E-state index in [2.05, 4.69) is 20.9 Å². The van der Waals surface area contributed by atoms with E-state index in [0.29, 0.717) is 37.0 Å². The van der Waals surface area contributed by atoms with Crippen molar-refractivity contribution in [2.75, 3.05) is 20.1 Å². The Morgan fingerprint density at radius 2 is 1.96 bits per heavy atom. The lowest BCUT2D eigenvalue weighted by atomic mass is 10.0. The average molecular weight is 362 g/mol. The molecule has 5 nitrogen and oxygen atoms in total. The molecule has 0 aromatic heterocycles. The number of carbonyl (C=O) groups is 1. The first-order chi connectivity index (χ1) is 12.5. The molecule has 0 saturated heterocycles. The SMILES string of the molecule is CN=C(NCCNC(=O)CC1CCCC1)NC(C)c1ccc(C)c(F)c1. The van der Waals surface area contributed by atoms with Gasteiger partial charge in [-0.15, -0.1) is 0 Å². The maximum Gasteiger partial charge on any atom is 0.220 e. The Bertz CT molecular complexity index is 626. The number of aliphatic imine (C=N–C) groups is 1. The fraction of sp³-hybridized carbons (Fsp3) is 0.600. The molecule has 0 spiro atoms. The topological polar surface area (TPSA) is 65.5 Å². The number of rotatable bonds is 7. The lowest BCUT2D eigenvalue weighted by Crippen LogP contribution is -2.42. The van der Waals surface area contributed by atoms with Crippen molar-refractivity contribution in [1.82, 2.24) is 16.0 Å². The summed E-state index contributed by atoms with van der Waals surface area (Å²) < 4.78 is 13.7. The van der Waals surface area contributed by atoms with Crippen LogP contribution in [0.3, 0.4) is 0 Å². The van der Waals surface area contributed by atoms with Crippen LogP contribution in [0.5, 0.6) is 0 Å². The number of halogens is 1. The highest BCUT2D eigenvalue weighted by atomic mass is 19.1. The Hall–Kier alpha value is -2.11. The van der Waals surface area contributed by atoms with Crippen LogP contribution in [0.15, 0.2) is 23.2 Å². The molecule has 1 aliphatic rings. The first-order valence-electron chi connectivity index (χ1n) is 9.49. The Morgan fingerprint density at radius 1 is 1.27 bits per heavy atom. The van der Waals surface area contributed by atoms with Crippen LogP contribution in [-0.2, 0) is 4.79 Å². The quantitative estimate of drug-likeness (QED) is 0.397. The van der Waals surface area contributed by atoms with Crippen molar-refractivity contribution in [3.8, 4) is 0 Å². The van der Waals surface area contributed by atoms with Crippen LogP contribution in [0.1, 0.15) is 56.2 Å². The molecule has 1 atom stereocenters. The molecule has 0 heterocycles. The first-order valence-corrected chi connectivity index (χ1v) is 9.49. The standard InChI is InChI=1S/C20H31FN4O/c1-14-8-9-17(13-18(14)21)15(2)25-20(22-3)24-11-10-23-19(26)12-16-6-4-5-7-16/h8-9,13,15-16H,4-7,10-12H2,1-3H3,(H,23,26)(H2,22,24,25).